The second kappa shape index (κ2) is 3.81. The van der Waals surface area contributed by atoms with Gasteiger partial charge in [0.2, 0.25) is 0 Å². The van der Waals surface area contributed by atoms with E-state index in [1.165, 1.54) is 0 Å². The SMILES string of the molecule is Cc1ccc2[nH]c(=O)c(CC(=O)O)cc2c1. The lowest BCUT2D eigenvalue weighted by atomic mass is 10.1. The number of rotatable bonds is 2. The van der Waals surface area contributed by atoms with Crippen LogP contribution >= 0.6 is 0 Å². The number of carbonyl (C=O) groups is 1. The normalized spacial score (nSPS) is 10.6. The van der Waals surface area contributed by atoms with E-state index in [9.17, 15) is 9.59 Å². The minimum Gasteiger partial charge on any atom is -0.481 e. The van der Waals surface area contributed by atoms with Crippen LogP contribution < -0.4 is 5.56 Å². The Hall–Kier alpha value is -2.10. The second-order valence-electron chi connectivity index (χ2n) is 3.78. The van der Waals surface area contributed by atoms with E-state index >= 15 is 0 Å². The third-order valence-corrected chi connectivity index (χ3v) is 2.42. The standard InChI is InChI=1S/C12H11NO3/c1-7-2-3-10-8(4-7)5-9(6-11(14)15)12(16)13-10/h2-5H,6H2,1H3,(H,13,16)(H,14,15). The van der Waals surface area contributed by atoms with Gasteiger partial charge in [0, 0.05) is 11.1 Å². The first-order valence-electron chi connectivity index (χ1n) is 4.90. The molecule has 0 saturated heterocycles. The predicted octanol–water partition coefficient (Wildman–Crippen LogP) is 1.46. The van der Waals surface area contributed by atoms with E-state index in [4.69, 9.17) is 5.11 Å². The van der Waals surface area contributed by atoms with Gasteiger partial charge in [-0.2, -0.15) is 0 Å². The predicted molar refractivity (Wildman–Crippen MR) is 60.6 cm³/mol. The van der Waals surface area contributed by atoms with Gasteiger partial charge in [-0.15, -0.1) is 0 Å². The van der Waals surface area contributed by atoms with Crippen molar-refractivity contribution in [2.75, 3.05) is 0 Å². The van der Waals surface area contributed by atoms with Crippen LogP contribution in [0, 0.1) is 6.92 Å². The van der Waals surface area contributed by atoms with Gasteiger partial charge >= 0.3 is 5.97 Å². The Bertz CT molecular complexity index is 613. The van der Waals surface area contributed by atoms with Crippen molar-refractivity contribution < 1.29 is 9.90 Å². The lowest BCUT2D eigenvalue weighted by Gasteiger charge is -2.02. The van der Waals surface area contributed by atoms with Gasteiger partial charge in [-0.3, -0.25) is 9.59 Å². The molecule has 4 heteroatoms. The Morgan fingerprint density at radius 3 is 2.81 bits per heavy atom. The highest BCUT2D eigenvalue weighted by Gasteiger charge is 2.06. The highest BCUT2D eigenvalue weighted by Crippen LogP contribution is 2.13. The minimum absolute atomic E-state index is 0.251. The van der Waals surface area contributed by atoms with Crippen molar-refractivity contribution in [2.45, 2.75) is 13.3 Å². The molecule has 82 valence electrons. The average Bonchev–Trinajstić information content (AvgIpc) is 2.19. The quantitative estimate of drug-likeness (QED) is 0.800. The van der Waals surface area contributed by atoms with Crippen LogP contribution in [0.2, 0.25) is 0 Å². The third-order valence-electron chi connectivity index (χ3n) is 2.42. The Morgan fingerprint density at radius 2 is 2.12 bits per heavy atom. The van der Waals surface area contributed by atoms with Gasteiger partial charge in [-0.25, -0.2) is 0 Å². The van der Waals surface area contributed by atoms with E-state index in [-0.39, 0.29) is 17.5 Å². The number of nitrogens with one attached hydrogen (secondary N) is 1. The Labute approximate surface area is 91.5 Å². The third kappa shape index (κ3) is 1.95. The summed E-state index contributed by atoms with van der Waals surface area (Å²) in [5, 5.41) is 9.52. The van der Waals surface area contributed by atoms with Crippen molar-refractivity contribution in [2.24, 2.45) is 0 Å². The molecular weight excluding hydrogens is 206 g/mol. The molecule has 0 saturated carbocycles. The highest BCUT2D eigenvalue weighted by molar-refractivity contribution is 5.81. The fourth-order valence-corrected chi connectivity index (χ4v) is 1.67. The maximum atomic E-state index is 11.5. The lowest BCUT2D eigenvalue weighted by Crippen LogP contribution is -2.15. The van der Waals surface area contributed by atoms with Crippen LogP contribution in [-0.4, -0.2) is 16.1 Å². The molecule has 2 rings (SSSR count). The average molecular weight is 217 g/mol. The summed E-state index contributed by atoms with van der Waals surface area (Å²) in [6.45, 7) is 1.95. The van der Waals surface area contributed by atoms with E-state index in [0.29, 0.717) is 0 Å². The summed E-state index contributed by atoms with van der Waals surface area (Å²) in [6, 6.07) is 7.26. The van der Waals surface area contributed by atoms with Crippen LogP contribution in [0.15, 0.2) is 29.1 Å². The molecule has 0 aliphatic rings. The smallest absolute Gasteiger partial charge is 0.308 e. The van der Waals surface area contributed by atoms with Gasteiger partial charge < -0.3 is 10.1 Å². The molecule has 0 amide bonds. The number of aliphatic carboxylic acids is 1. The summed E-state index contributed by atoms with van der Waals surface area (Å²) >= 11 is 0. The molecule has 1 aromatic carbocycles. The van der Waals surface area contributed by atoms with Crippen LogP contribution in [0.5, 0.6) is 0 Å². The number of benzene rings is 1. The second-order valence-corrected chi connectivity index (χ2v) is 3.78. The van der Waals surface area contributed by atoms with E-state index in [1.54, 1.807) is 6.07 Å². The van der Waals surface area contributed by atoms with Gasteiger partial charge in [0.25, 0.3) is 5.56 Å². The summed E-state index contributed by atoms with van der Waals surface area (Å²) in [5.74, 6) is -1.00. The van der Waals surface area contributed by atoms with E-state index in [2.05, 4.69) is 4.98 Å². The van der Waals surface area contributed by atoms with Crippen molar-refractivity contribution in [3.8, 4) is 0 Å². The number of aromatic amines is 1. The Balaban J connectivity index is 2.64. The van der Waals surface area contributed by atoms with Crippen molar-refractivity contribution in [1.29, 1.82) is 0 Å². The van der Waals surface area contributed by atoms with E-state index in [1.807, 2.05) is 25.1 Å². The number of H-pyrrole nitrogens is 1. The molecule has 0 aliphatic carbocycles. The highest BCUT2D eigenvalue weighted by atomic mass is 16.4. The number of carboxylic acids is 1. The van der Waals surface area contributed by atoms with Crippen molar-refractivity contribution in [1.82, 2.24) is 4.98 Å². The zero-order valence-electron chi connectivity index (χ0n) is 8.78. The number of hydrogen-bond donors (Lipinski definition) is 2. The van der Waals surface area contributed by atoms with Crippen molar-refractivity contribution in [3.63, 3.8) is 0 Å². The first-order valence-corrected chi connectivity index (χ1v) is 4.90. The fraction of sp³-hybridized carbons (Fsp3) is 0.167. The Morgan fingerprint density at radius 1 is 1.38 bits per heavy atom. The van der Waals surface area contributed by atoms with Crippen LogP contribution in [0.25, 0.3) is 10.9 Å². The lowest BCUT2D eigenvalue weighted by molar-refractivity contribution is -0.136. The minimum atomic E-state index is -1.00. The molecule has 0 fully saturated rings. The first-order chi connectivity index (χ1) is 7.56. The number of aromatic nitrogens is 1. The van der Waals surface area contributed by atoms with Gasteiger partial charge in [-0.1, -0.05) is 11.6 Å². The molecule has 16 heavy (non-hydrogen) atoms. The molecule has 0 unspecified atom stereocenters. The molecule has 0 spiro atoms. The largest absolute Gasteiger partial charge is 0.481 e. The van der Waals surface area contributed by atoms with Crippen LogP contribution in [0.3, 0.4) is 0 Å². The zero-order chi connectivity index (χ0) is 11.7. The number of fused-ring (bicyclic) bond motifs is 1. The van der Waals surface area contributed by atoms with E-state index < -0.39 is 5.97 Å². The summed E-state index contributed by atoms with van der Waals surface area (Å²) in [4.78, 5) is 24.8. The molecule has 0 atom stereocenters. The molecule has 1 heterocycles. The molecule has 1 aromatic heterocycles. The zero-order valence-corrected chi connectivity index (χ0v) is 8.78. The molecular formula is C12H11NO3. The van der Waals surface area contributed by atoms with Crippen molar-refractivity contribution in [3.05, 3.63) is 45.7 Å². The van der Waals surface area contributed by atoms with Crippen LogP contribution in [-0.2, 0) is 11.2 Å². The molecule has 4 nitrogen and oxygen atoms in total. The number of pyridine rings is 1. The van der Waals surface area contributed by atoms with E-state index in [0.717, 1.165) is 16.5 Å². The molecule has 2 N–H and O–H groups in total. The summed E-state index contributed by atoms with van der Waals surface area (Å²) in [5.41, 5.74) is 1.75. The Kier molecular flexibility index (Phi) is 2.48. The summed E-state index contributed by atoms with van der Waals surface area (Å²) < 4.78 is 0. The monoisotopic (exact) mass is 217 g/mol. The number of hydrogen-bond acceptors (Lipinski definition) is 2. The first kappa shape index (κ1) is 10.4. The van der Waals surface area contributed by atoms with Crippen molar-refractivity contribution >= 4 is 16.9 Å². The molecule has 0 radical (unpaired) electrons. The summed E-state index contributed by atoms with van der Waals surface area (Å²) in [6.07, 6.45) is -0.251. The maximum Gasteiger partial charge on any atom is 0.308 e. The van der Waals surface area contributed by atoms with Gasteiger partial charge in [0.05, 0.1) is 6.42 Å². The number of aryl methyl sites for hydroxylation is 1. The topological polar surface area (TPSA) is 70.2 Å². The summed E-state index contributed by atoms with van der Waals surface area (Å²) in [7, 11) is 0. The van der Waals surface area contributed by atoms with Gasteiger partial charge in [0.15, 0.2) is 0 Å². The molecule has 0 aliphatic heterocycles. The fourth-order valence-electron chi connectivity index (χ4n) is 1.67. The number of carboxylic acid groups (broad SMARTS) is 1. The maximum absolute atomic E-state index is 11.5. The van der Waals surface area contributed by atoms with Crippen LogP contribution in [0.4, 0.5) is 0 Å². The molecule has 0 bridgehead atoms. The molecule has 2 aromatic rings. The van der Waals surface area contributed by atoms with Gasteiger partial charge in [-0.05, 0) is 30.5 Å². The van der Waals surface area contributed by atoms with Crippen LogP contribution in [0.1, 0.15) is 11.1 Å². The van der Waals surface area contributed by atoms with Gasteiger partial charge in [0.1, 0.15) is 0 Å².